The molecule has 0 amide bonds. The average Bonchev–Trinajstić information content (AvgIpc) is 2.76. The van der Waals surface area contributed by atoms with Crippen molar-refractivity contribution < 1.29 is 5.11 Å². The molecule has 0 aromatic carbocycles. The second-order valence-electron chi connectivity index (χ2n) is 4.13. The molecule has 1 aliphatic carbocycles. The fourth-order valence-corrected chi connectivity index (χ4v) is 3.88. The third kappa shape index (κ3) is 2.61. The number of nitrogens with one attached hydrogen (secondary N) is 1. The molecule has 84 valence electrons. The summed E-state index contributed by atoms with van der Waals surface area (Å²) in [6.07, 6.45) is 3.01. The van der Waals surface area contributed by atoms with Crippen LogP contribution >= 0.6 is 27.3 Å². The molecule has 1 aromatic rings. The van der Waals surface area contributed by atoms with Crippen LogP contribution in [0.5, 0.6) is 0 Å². The van der Waals surface area contributed by atoms with Gasteiger partial charge in [0.2, 0.25) is 0 Å². The van der Waals surface area contributed by atoms with Crippen LogP contribution in [0.1, 0.15) is 37.1 Å². The fraction of sp³-hybridized carbons (Fsp3) is 0.636. The fourth-order valence-electron chi connectivity index (χ4n) is 2.15. The van der Waals surface area contributed by atoms with Crippen LogP contribution in [0.25, 0.3) is 0 Å². The molecule has 3 atom stereocenters. The molecular formula is C11H16BrNOS. The van der Waals surface area contributed by atoms with Crippen molar-refractivity contribution in [1.82, 2.24) is 5.32 Å². The highest BCUT2D eigenvalue weighted by molar-refractivity contribution is 9.10. The first-order valence-corrected chi connectivity index (χ1v) is 7.02. The van der Waals surface area contributed by atoms with E-state index in [9.17, 15) is 5.11 Å². The molecular weight excluding hydrogens is 274 g/mol. The van der Waals surface area contributed by atoms with Crippen molar-refractivity contribution in [3.05, 3.63) is 20.8 Å². The molecule has 2 nitrogen and oxygen atoms in total. The van der Waals surface area contributed by atoms with E-state index in [0.717, 1.165) is 19.3 Å². The van der Waals surface area contributed by atoms with E-state index >= 15 is 0 Å². The van der Waals surface area contributed by atoms with Gasteiger partial charge in [0, 0.05) is 21.4 Å². The summed E-state index contributed by atoms with van der Waals surface area (Å²) in [7, 11) is 0. The third-order valence-corrected chi connectivity index (χ3v) is 5.04. The minimum atomic E-state index is -0.161. The normalized spacial score (nSPS) is 28.2. The maximum absolute atomic E-state index is 9.73. The first-order valence-electron chi connectivity index (χ1n) is 5.35. The van der Waals surface area contributed by atoms with Crippen LogP contribution < -0.4 is 5.32 Å². The van der Waals surface area contributed by atoms with Crippen molar-refractivity contribution in [2.45, 2.75) is 44.4 Å². The summed E-state index contributed by atoms with van der Waals surface area (Å²) in [6.45, 7) is 2.15. The lowest BCUT2D eigenvalue weighted by Crippen LogP contribution is -2.37. The highest BCUT2D eigenvalue weighted by atomic mass is 79.9. The van der Waals surface area contributed by atoms with Gasteiger partial charge in [-0.2, -0.15) is 0 Å². The summed E-state index contributed by atoms with van der Waals surface area (Å²) in [6, 6.07) is 2.66. The SMILES string of the molecule is CC(NC1CCCC1O)c1sccc1Br. The van der Waals surface area contributed by atoms with Crippen LogP contribution in [0.2, 0.25) is 0 Å². The Bertz CT molecular complexity index is 328. The van der Waals surface area contributed by atoms with Gasteiger partial charge in [0.25, 0.3) is 0 Å². The molecule has 0 saturated heterocycles. The summed E-state index contributed by atoms with van der Waals surface area (Å²) in [4.78, 5) is 1.31. The summed E-state index contributed by atoms with van der Waals surface area (Å²) in [5, 5.41) is 15.3. The summed E-state index contributed by atoms with van der Waals surface area (Å²) >= 11 is 5.29. The molecule has 1 aromatic heterocycles. The summed E-state index contributed by atoms with van der Waals surface area (Å²) in [5.41, 5.74) is 0. The van der Waals surface area contributed by atoms with E-state index in [2.05, 4.69) is 39.6 Å². The van der Waals surface area contributed by atoms with E-state index in [1.54, 1.807) is 11.3 Å². The van der Waals surface area contributed by atoms with E-state index in [4.69, 9.17) is 0 Å². The molecule has 3 unspecified atom stereocenters. The molecule has 2 rings (SSSR count). The lowest BCUT2D eigenvalue weighted by atomic mass is 10.1. The first kappa shape index (κ1) is 11.6. The Morgan fingerprint density at radius 1 is 1.60 bits per heavy atom. The van der Waals surface area contributed by atoms with Crippen LogP contribution in [-0.2, 0) is 0 Å². The van der Waals surface area contributed by atoms with Gasteiger partial charge in [-0.3, -0.25) is 0 Å². The summed E-state index contributed by atoms with van der Waals surface area (Å²) in [5.74, 6) is 0. The first-order chi connectivity index (χ1) is 7.18. The molecule has 0 radical (unpaired) electrons. The van der Waals surface area contributed by atoms with Gasteiger partial charge < -0.3 is 10.4 Å². The lowest BCUT2D eigenvalue weighted by molar-refractivity contribution is 0.144. The summed E-state index contributed by atoms with van der Waals surface area (Å²) < 4.78 is 1.17. The molecule has 0 aliphatic heterocycles. The van der Waals surface area contributed by atoms with Crippen molar-refractivity contribution in [2.24, 2.45) is 0 Å². The van der Waals surface area contributed by atoms with Gasteiger partial charge in [0.15, 0.2) is 0 Å². The Labute approximate surface area is 103 Å². The molecule has 1 fully saturated rings. The van der Waals surface area contributed by atoms with Gasteiger partial charge in [-0.15, -0.1) is 11.3 Å². The number of hydrogen-bond acceptors (Lipinski definition) is 3. The minimum absolute atomic E-state index is 0.161. The molecule has 15 heavy (non-hydrogen) atoms. The molecule has 2 N–H and O–H groups in total. The number of hydrogen-bond donors (Lipinski definition) is 2. The second-order valence-corrected chi connectivity index (χ2v) is 5.93. The minimum Gasteiger partial charge on any atom is -0.392 e. The van der Waals surface area contributed by atoms with Crippen molar-refractivity contribution in [2.75, 3.05) is 0 Å². The molecule has 4 heteroatoms. The van der Waals surface area contributed by atoms with Crippen LogP contribution in [-0.4, -0.2) is 17.3 Å². The van der Waals surface area contributed by atoms with E-state index in [0.29, 0.717) is 6.04 Å². The van der Waals surface area contributed by atoms with Crippen LogP contribution in [0.4, 0.5) is 0 Å². The maximum atomic E-state index is 9.73. The van der Waals surface area contributed by atoms with Crippen molar-refractivity contribution >= 4 is 27.3 Å². The van der Waals surface area contributed by atoms with Crippen LogP contribution in [0.15, 0.2) is 15.9 Å². The molecule has 1 aliphatic rings. The Kier molecular flexibility index (Phi) is 3.83. The van der Waals surface area contributed by atoms with E-state index < -0.39 is 0 Å². The number of thiophene rings is 1. The quantitative estimate of drug-likeness (QED) is 0.896. The predicted molar refractivity (Wildman–Crippen MR) is 67.2 cm³/mol. The number of halogens is 1. The van der Waals surface area contributed by atoms with Gasteiger partial charge in [0.05, 0.1) is 6.10 Å². The maximum Gasteiger partial charge on any atom is 0.0693 e. The zero-order valence-electron chi connectivity index (χ0n) is 8.74. The highest BCUT2D eigenvalue weighted by Gasteiger charge is 2.27. The van der Waals surface area contributed by atoms with Gasteiger partial charge in [0.1, 0.15) is 0 Å². The third-order valence-electron chi connectivity index (χ3n) is 2.98. The zero-order valence-corrected chi connectivity index (χ0v) is 11.1. The lowest BCUT2D eigenvalue weighted by Gasteiger charge is -2.21. The van der Waals surface area contributed by atoms with E-state index in [-0.39, 0.29) is 12.1 Å². The topological polar surface area (TPSA) is 32.3 Å². The second kappa shape index (κ2) is 4.95. The smallest absolute Gasteiger partial charge is 0.0693 e. The zero-order chi connectivity index (χ0) is 10.8. The predicted octanol–water partition coefficient (Wildman–Crippen LogP) is 3.07. The largest absolute Gasteiger partial charge is 0.392 e. The Morgan fingerprint density at radius 3 is 2.93 bits per heavy atom. The number of aliphatic hydroxyl groups excluding tert-OH is 1. The monoisotopic (exact) mass is 289 g/mol. The van der Waals surface area contributed by atoms with Crippen LogP contribution in [0, 0.1) is 0 Å². The van der Waals surface area contributed by atoms with Gasteiger partial charge >= 0.3 is 0 Å². The number of rotatable bonds is 3. The van der Waals surface area contributed by atoms with Crippen molar-refractivity contribution in [3.63, 3.8) is 0 Å². The Hall–Kier alpha value is 0.100. The standard InChI is InChI=1S/C11H16BrNOS/c1-7(11-8(12)5-6-15-11)13-9-3-2-4-10(9)14/h5-7,9-10,13-14H,2-4H2,1H3. The van der Waals surface area contributed by atoms with Crippen LogP contribution in [0.3, 0.4) is 0 Å². The highest BCUT2D eigenvalue weighted by Crippen LogP contribution is 2.30. The van der Waals surface area contributed by atoms with E-state index in [1.165, 1.54) is 9.35 Å². The molecule has 0 bridgehead atoms. The average molecular weight is 290 g/mol. The van der Waals surface area contributed by atoms with Gasteiger partial charge in [-0.1, -0.05) is 0 Å². The Morgan fingerprint density at radius 2 is 2.40 bits per heavy atom. The van der Waals surface area contributed by atoms with Gasteiger partial charge in [-0.05, 0) is 53.6 Å². The van der Waals surface area contributed by atoms with E-state index in [1.807, 2.05) is 0 Å². The Balaban J connectivity index is 1.97. The van der Waals surface area contributed by atoms with Crippen molar-refractivity contribution in [1.29, 1.82) is 0 Å². The molecule has 1 heterocycles. The van der Waals surface area contributed by atoms with Gasteiger partial charge in [-0.25, -0.2) is 0 Å². The van der Waals surface area contributed by atoms with Crippen molar-refractivity contribution in [3.8, 4) is 0 Å². The molecule has 1 saturated carbocycles. The number of aliphatic hydroxyl groups is 1. The molecule has 0 spiro atoms.